The van der Waals surface area contributed by atoms with Crippen molar-refractivity contribution in [3.63, 3.8) is 0 Å². The molecule has 0 bridgehead atoms. The fourth-order valence-corrected chi connectivity index (χ4v) is 0.731. The van der Waals surface area contributed by atoms with Crippen LogP contribution in [0.2, 0.25) is 0 Å². The first-order valence-corrected chi connectivity index (χ1v) is 3.95. The lowest BCUT2D eigenvalue weighted by atomic mass is 10.1. The van der Waals surface area contributed by atoms with Crippen molar-refractivity contribution in [3.05, 3.63) is 0 Å². The van der Waals surface area contributed by atoms with Gasteiger partial charge in [0.25, 0.3) is 0 Å². The van der Waals surface area contributed by atoms with Gasteiger partial charge in [0.05, 0.1) is 0 Å². The van der Waals surface area contributed by atoms with Crippen molar-refractivity contribution in [1.82, 2.24) is 0 Å². The predicted octanol–water partition coefficient (Wildman–Crippen LogP) is -0.444. The van der Waals surface area contributed by atoms with E-state index in [1.54, 1.807) is 0 Å². The SMILES string of the molecule is CCC(=O)OOC(=O)C1(C)C(=O)C1=O. The van der Waals surface area contributed by atoms with Gasteiger partial charge in [-0.3, -0.25) is 9.59 Å². The number of carbonyl (C=O) groups is 4. The standard InChI is InChI=1S/C8H8O6/c1-3-4(9)13-14-7(12)8(2)5(10)6(8)11/h3H2,1-2H3. The Morgan fingerprint density at radius 3 is 2.07 bits per heavy atom. The van der Waals surface area contributed by atoms with Crippen LogP contribution in [-0.4, -0.2) is 23.5 Å². The molecule has 0 spiro atoms. The number of Topliss-reactive ketones (excluding diaryl/α,β-unsaturated/α-hetero) is 2. The van der Waals surface area contributed by atoms with Crippen LogP contribution in [0.4, 0.5) is 0 Å². The minimum absolute atomic E-state index is 0.0336. The van der Waals surface area contributed by atoms with Crippen molar-refractivity contribution in [2.75, 3.05) is 0 Å². The van der Waals surface area contributed by atoms with E-state index in [1.807, 2.05) is 0 Å². The Balaban J connectivity index is 2.49. The first-order valence-electron chi connectivity index (χ1n) is 3.95. The van der Waals surface area contributed by atoms with Gasteiger partial charge in [-0.25, -0.2) is 19.4 Å². The molecule has 1 fully saturated rings. The average molecular weight is 200 g/mol. The van der Waals surface area contributed by atoms with Crippen molar-refractivity contribution in [3.8, 4) is 0 Å². The molecule has 6 nitrogen and oxygen atoms in total. The first kappa shape index (κ1) is 10.4. The third-order valence-electron chi connectivity index (χ3n) is 1.96. The van der Waals surface area contributed by atoms with E-state index < -0.39 is 28.9 Å². The Morgan fingerprint density at radius 1 is 1.21 bits per heavy atom. The number of hydrogen-bond acceptors (Lipinski definition) is 6. The summed E-state index contributed by atoms with van der Waals surface area (Å²) >= 11 is 0. The van der Waals surface area contributed by atoms with E-state index in [4.69, 9.17) is 0 Å². The highest BCUT2D eigenvalue weighted by molar-refractivity contribution is 6.69. The number of hydrogen-bond donors (Lipinski definition) is 0. The number of ketones is 2. The van der Waals surface area contributed by atoms with Gasteiger partial charge in [-0.1, -0.05) is 6.92 Å². The number of rotatable bonds is 2. The molecule has 0 saturated heterocycles. The highest BCUT2D eigenvalue weighted by atomic mass is 17.2. The summed E-state index contributed by atoms with van der Waals surface area (Å²) in [4.78, 5) is 51.0. The smallest absolute Gasteiger partial charge is 0.289 e. The minimum atomic E-state index is -1.76. The molecule has 0 radical (unpaired) electrons. The lowest BCUT2D eigenvalue weighted by Gasteiger charge is -2.02. The molecule has 0 aromatic rings. The van der Waals surface area contributed by atoms with E-state index in [2.05, 4.69) is 9.78 Å². The monoisotopic (exact) mass is 200 g/mol. The first-order chi connectivity index (χ1) is 6.44. The van der Waals surface area contributed by atoms with Gasteiger partial charge in [0.2, 0.25) is 17.0 Å². The van der Waals surface area contributed by atoms with Gasteiger partial charge in [0.15, 0.2) is 0 Å². The summed E-state index contributed by atoms with van der Waals surface area (Å²) in [6.07, 6.45) is 0.0336. The van der Waals surface area contributed by atoms with Crippen LogP contribution in [0.3, 0.4) is 0 Å². The van der Waals surface area contributed by atoms with E-state index in [-0.39, 0.29) is 6.42 Å². The van der Waals surface area contributed by atoms with Gasteiger partial charge >= 0.3 is 11.9 Å². The normalized spacial score (nSPS) is 17.6. The van der Waals surface area contributed by atoms with Crippen LogP contribution >= 0.6 is 0 Å². The van der Waals surface area contributed by atoms with Gasteiger partial charge < -0.3 is 0 Å². The maximum absolute atomic E-state index is 11.0. The Kier molecular flexibility index (Phi) is 2.37. The molecule has 0 atom stereocenters. The Labute approximate surface area is 79.1 Å². The van der Waals surface area contributed by atoms with Crippen LogP contribution in [-0.2, 0) is 29.0 Å². The van der Waals surface area contributed by atoms with E-state index >= 15 is 0 Å². The van der Waals surface area contributed by atoms with E-state index in [9.17, 15) is 19.2 Å². The number of carbonyl (C=O) groups excluding carboxylic acids is 4. The van der Waals surface area contributed by atoms with Gasteiger partial charge in [-0.05, 0) is 6.92 Å². The van der Waals surface area contributed by atoms with Crippen molar-refractivity contribution in [2.45, 2.75) is 20.3 Å². The second kappa shape index (κ2) is 3.21. The summed E-state index contributed by atoms with van der Waals surface area (Å²) in [7, 11) is 0. The lowest BCUT2D eigenvalue weighted by molar-refractivity contribution is -0.262. The fourth-order valence-electron chi connectivity index (χ4n) is 0.731. The maximum atomic E-state index is 11.0. The molecule has 0 aromatic carbocycles. The van der Waals surface area contributed by atoms with E-state index in [0.29, 0.717) is 0 Å². The van der Waals surface area contributed by atoms with Crippen molar-refractivity contribution in [1.29, 1.82) is 0 Å². The lowest BCUT2D eigenvalue weighted by Crippen LogP contribution is -2.21. The third kappa shape index (κ3) is 1.39. The highest BCUT2D eigenvalue weighted by Gasteiger charge is 2.69. The van der Waals surface area contributed by atoms with Crippen LogP contribution in [0.1, 0.15) is 20.3 Å². The van der Waals surface area contributed by atoms with Crippen molar-refractivity contribution in [2.24, 2.45) is 5.41 Å². The van der Waals surface area contributed by atoms with Crippen LogP contribution < -0.4 is 0 Å². The predicted molar refractivity (Wildman–Crippen MR) is 40.6 cm³/mol. The quantitative estimate of drug-likeness (QED) is 0.260. The topological polar surface area (TPSA) is 86.7 Å². The van der Waals surface area contributed by atoms with E-state index in [1.165, 1.54) is 6.92 Å². The minimum Gasteiger partial charge on any atom is -0.289 e. The molecule has 1 aliphatic rings. The Morgan fingerprint density at radius 2 is 1.71 bits per heavy atom. The molecule has 76 valence electrons. The zero-order valence-corrected chi connectivity index (χ0v) is 7.66. The summed E-state index contributed by atoms with van der Waals surface area (Å²) in [5.41, 5.74) is -1.76. The fraction of sp³-hybridized carbons (Fsp3) is 0.500. The molecular formula is C8H8O6. The maximum Gasteiger partial charge on any atom is 0.377 e. The summed E-state index contributed by atoms with van der Waals surface area (Å²) in [6.45, 7) is 2.63. The molecule has 6 heteroatoms. The summed E-state index contributed by atoms with van der Waals surface area (Å²) in [5, 5.41) is 0. The van der Waals surface area contributed by atoms with Gasteiger partial charge in [0, 0.05) is 6.42 Å². The van der Waals surface area contributed by atoms with Crippen molar-refractivity contribution < 1.29 is 29.0 Å². The molecular weight excluding hydrogens is 192 g/mol. The molecule has 0 heterocycles. The van der Waals surface area contributed by atoms with Crippen LogP contribution in [0.15, 0.2) is 0 Å². The van der Waals surface area contributed by atoms with Gasteiger partial charge in [-0.2, -0.15) is 0 Å². The zero-order chi connectivity index (χ0) is 10.9. The van der Waals surface area contributed by atoms with Crippen molar-refractivity contribution >= 4 is 23.5 Å². The molecule has 1 saturated carbocycles. The second-order valence-corrected chi connectivity index (χ2v) is 2.96. The van der Waals surface area contributed by atoms with Crippen LogP contribution in [0.25, 0.3) is 0 Å². The van der Waals surface area contributed by atoms with E-state index in [0.717, 1.165) is 6.92 Å². The van der Waals surface area contributed by atoms with Crippen LogP contribution in [0.5, 0.6) is 0 Å². The molecule has 14 heavy (non-hydrogen) atoms. The molecule has 1 rings (SSSR count). The Bertz CT molecular complexity index is 315. The average Bonchev–Trinajstić information content (AvgIpc) is 2.66. The third-order valence-corrected chi connectivity index (χ3v) is 1.96. The summed E-state index contributed by atoms with van der Waals surface area (Å²) in [6, 6.07) is 0. The van der Waals surface area contributed by atoms with Crippen LogP contribution in [0, 0.1) is 5.41 Å². The molecule has 0 N–H and O–H groups in total. The molecule has 0 aliphatic heterocycles. The molecule has 0 aromatic heterocycles. The van der Waals surface area contributed by atoms with Gasteiger partial charge in [-0.15, -0.1) is 0 Å². The molecule has 0 amide bonds. The summed E-state index contributed by atoms with van der Waals surface area (Å²) in [5.74, 6) is -3.54. The van der Waals surface area contributed by atoms with Gasteiger partial charge in [0.1, 0.15) is 0 Å². The Hall–Kier alpha value is -1.72. The highest BCUT2D eigenvalue weighted by Crippen LogP contribution is 2.37. The zero-order valence-electron chi connectivity index (χ0n) is 7.66. The largest absolute Gasteiger partial charge is 0.377 e. The molecule has 0 unspecified atom stereocenters. The summed E-state index contributed by atoms with van der Waals surface area (Å²) < 4.78 is 0. The second-order valence-electron chi connectivity index (χ2n) is 2.96. The molecule has 1 aliphatic carbocycles.